The third kappa shape index (κ3) is 3.77. The fourth-order valence-electron chi connectivity index (χ4n) is 2.76. The summed E-state index contributed by atoms with van der Waals surface area (Å²) in [5.74, 6) is 0.612. The van der Waals surface area contributed by atoms with Crippen molar-refractivity contribution in [3.63, 3.8) is 0 Å². The predicted octanol–water partition coefficient (Wildman–Crippen LogP) is 3.04. The molecule has 2 aromatic carbocycles. The minimum absolute atomic E-state index is 0.0708. The Morgan fingerprint density at radius 1 is 1.28 bits per heavy atom. The van der Waals surface area contributed by atoms with E-state index in [1.807, 2.05) is 6.92 Å². The molecule has 1 amide bonds. The molecule has 1 heterocycles. The van der Waals surface area contributed by atoms with Crippen molar-refractivity contribution < 1.29 is 19.1 Å². The molecule has 0 fully saturated rings. The zero-order valence-electron chi connectivity index (χ0n) is 13.8. The van der Waals surface area contributed by atoms with Gasteiger partial charge in [-0.05, 0) is 25.1 Å². The van der Waals surface area contributed by atoms with E-state index in [4.69, 9.17) is 21.1 Å². The highest BCUT2D eigenvalue weighted by molar-refractivity contribution is 6.32. The highest BCUT2D eigenvalue weighted by Crippen LogP contribution is 2.29. The van der Waals surface area contributed by atoms with Crippen LogP contribution in [0.2, 0.25) is 5.02 Å². The number of carbonyl (C=O) groups excluding carboxylic acids is 2. The largest absolute Gasteiger partial charge is 0.492 e. The van der Waals surface area contributed by atoms with Gasteiger partial charge in [-0.2, -0.15) is 0 Å². The van der Waals surface area contributed by atoms with E-state index in [2.05, 4.69) is 5.32 Å². The van der Waals surface area contributed by atoms with Crippen LogP contribution in [0.1, 0.15) is 22.8 Å². The molecule has 0 spiro atoms. The van der Waals surface area contributed by atoms with Gasteiger partial charge in [0.2, 0.25) is 5.91 Å². The van der Waals surface area contributed by atoms with Crippen LogP contribution in [-0.4, -0.2) is 30.9 Å². The van der Waals surface area contributed by atoms with Crippen molar-refractivity contribution in [2.45, 2.75) is 19.4 Å². The second kappa shape index (κ2) is 7.57. The molecule has 6 heteroatoms. The zero-order valence-corrected chi connectivity index (χ0v) is 14.5. The first-order chi connectivity index (χ1) is 12.1. The van der Waals surface area contributed by atoms with Gasteiger partial charge in [0.15, 0.2) is 5.78 Å². The number of fused-ring (bicyclic) bond motifs is 1. The normalized spacial score (nSPS) is 15.9. The Morgan fingerprint density at radius 2 is 2.08 bits per heavy atom. The number of nitrogens with one attached hydrogen (secondary N) is 1. The summed E-state index contributed by atoms with van der Waals surface area (Å²) in [6.07, 6.45) is 0.0708. The Hall–Kier alpha value is -2.53. The fraction of sp³-hybridized carbons (Fsp3) is 0.263. The van der Waals surface area contributed by atoms with E-state index < -0.39 is 6.04 Å². The molecule has 130 valence electrons. The number of hydrogen-bond acceptors (Lipinski definition) is 4. The third-order valence-electron chi connectivity index (χ3n) is 3.90. The van der Waals surface area contributed by atoms with E-state index in [0.29, 0.717) is 34.3 Å². The van der Waals surface area contributed by atoms with Crippen molar-refractivity contribution in [1.29, 1.82) is 0 Å². The van der Waals surface area contributed by atoms with E-state index in [1.54, 1.807) is 42.5 Å². The number of hydrogen-bond donors (Lipinski definition) is 1. The van der Waals surface area contributed by atoms with Crippen molar-refractivity contribution in [3.05, 3.63) is 58.6 Å². The highest BCUT2D eigenvalue weighted by Gasteiger charge is 2.29. The molecule has 5 nitrogen and oxygen atoms in total. The SMILES string of the molecule is CCOc1c(Cl)cccc1CC(=O)NC1COc2ccccc2C1=O. The van der Waals surface area contributed by atoms with Gasteiger partial charge in [-0.1, -0.05) is 35.9 Å². The van der Waals surface area contributed by atoms with Crippen molar-refractivity contribution in [3.8, 4) is 11.5 Å². The summed E-state index contributed by atoms with van der Waals surface area (Å²) in [5, 5.41) is 3.19. The van der Waals surface area contributed by atoms with E-state index in [9.17, 15) is 9.59 Å². The molecule has 1 aliphatic rings. The number of amides is 1. The number of para-hydroxylation sites is 2. The molecule has 0 bridgehead atoms. The lowest BCUT2D eigenvalue weighted by Crippen LogP contribution is -2.47. The van der Waals surface area contributed by atoms with Crippen LogP contribution in [0, 0.1) is 0 Å². The molecule has 1 unspecified atom stereocenters. The summed E-state index contributed by atoms with van der Waals surface area (Å²) < 4.78 is 11.1. The van der Waals surface area contributed by atoms with Crippen LogP contribution in [0.4, 0.5) is 0 Å². The van der Waals surface area contributed by atoms with Crippen LogP contribution >= 0.6 is 11.6 Å². The number of ether oxygens (including phenoxy) is 2. The van der Waals surface area contributed by atoms with Crippen molar-refractivity contribution >= 4 is 23.3 Å². The molecular weight excluding hydrogens is 342 g/mol. The molecule has 1 aliphatic heterocycles. The monoisotopic (exact) mass is 359 g/mol. The average Bonchev–Trinajstić information content (AvgIpc) is 2.61. The lowest BCUT2D eigenvalue weighted by molar-refractivity contribution is -0.121. The first kappa shape index (κ1) is 17.3. The van der Waals surface area contributed by atoms with Gasteiger partial charge in [0.25, 0.3) is 0 Å². The average molecular weight is 360 g/mol. The third-order valence-corrected chi connectivity index (χ3v) is 4.20. The van der Waals surface area contributed by atoms with Crippen LogP contribution in [-0.2, 0) is 11.2 Å². The van der Waals surface area contributed by atoms with Crippen LogP contribution < -0.4 is 14.8 Å². The van der Waals surface area contributed by atoms with E-state index in [0.717, 1.165) is 0 Å². The number of rotatable bonds is 5. The maximum absolute atomic E-state index is 12.5. The summed E-state index contributed by atoms with van der Waals surface area (Å²) in [4.78, 5) is 24.9. The topological polar surface area (TPSA) is 64.6 Å². The second-order valence-corrected chi connectivity index (χ2v) is 6.04. The van der Waals surface area contributed by atoms with Crippen LogP contribution in [0.25, 0.3) is 0 Å². The molecule has 1 N–H and O–H groups in total. The van der Waals surface area contributed by atoms with Crippen LogP contribution in [0.3, 0.4) is 0 Å². The van der Waals surface area contributed by atoms with Crippen LogP contribution in [0.5, 0.6) is 11.5 Å². The maximum Gasteiger partial charge on any atom is 0.225 e. The minimum Gasteiger partial charge on any atom is -0.492 e. The first-order valence-electron chi connectivity index (χ1n) is 8.05. The Balaban J connectivity index is 1.70. The standard InChI is InChI=1S/C19H18ClNO4/c1-2-24-19-12(6-5-8-14(19)20)10-17(22)21-15-11-25-16-9-4-3-7-13(16)18(15)23/h3-9,15H,2,10-11H2,1H3,(H,21,22). The maximum atomic E-state index is 12.5. The number of benzene rings is 2. The van der Waals surface area contributed by atoms with Crippen molar-refractivity contribution in [2.24, 2.45) is 0 Å². The van der Waals surface area contributed by atoms with Gasteiger partial charge in [0, 0.05) is 5.56 Å². The number of halogens is 1. The zero-order chi connectivity index (χ0) is 17.8. The molecule has 0 saturated carbocycles. The first-order valence-corrected chi connectivity index (χ1v) is 8.43. The minimum atomic E-state index is -0.697. The smallest absolute Gasteiger partial charge is 0.225 e. The van der Waals surface area contributed by atoms with Crippen LogP contribution in [0.15, 0.2) is 42.5 Å². The molecular formula is C19H18ClNO4. The summed E-state index contributed by atoms with van der Waals surface area (Å²) in [6, 6.07) is 11.6. The lowest BCUT2D eigenvalue weighted by Gasteiger charge is -2.24. The fourth-order valence-corrected chi connectivity index (χ4v) is 3.01. The van der Waals surface area contributed by atoms with Crippen molar-refractivity contribution in [2.75, 3.05) is 13.2 Å². The van der Waals surface area contributed by atoms with Gasteiger partial charge in [-0.25, -0.2) is 0 Å². The van der Waals surface area contributed by atoms with E-state index >= 15 is 0 Å². The Labute approximate surface area is 150 Å². The highest BCUT2D eigenvalue weighted by atomic mass is 35.5. The molecule has 1 atom stereocenters. The Kier molecular flexibility index (Phi) is 5.24. The summed E-state index contributed by atoms with van der Waals surface area (Å²) in [5.41, 5.74) is 1.16. The number of carbonyl (C=O) groups is 2. The number of ketones is 1. The summed E-state index contributed by atoms with van der Waals surface area (Å²) >= 11 is 6.13. The van der Waals surface area contributed by atoms with Gasteiger partial charge < -0.3 is 14.8 Å². The van der Waals surface area contributed by atoms with Gasteiger partial charge >= 0.3 is 0 Å². The lowest BCUT2D eigenvalue weighted by atomic mass is 10.0. The Morgan fingerprint density at radius 3 is 2.88 bits per heavy atom. The predicted molar refractivity (Wildman–Crippen MR) is 94.5 cm³/mol. The van der Waals surface area contributed by atoms with Gasteiger partial charge in [0.05, 0.1) is 23.6 Å². The molecule has 2 aromatic rings. The second-order valence-electron chi connectivity index (χ2n) is 5.63. The van der Waals surface area contributed by atoms with Gasteiger partial charge in [-0.3, -0.25) is 9.59 Å². The number of Topliss-reactive ketones (excluding diaryl/α,β-unsaturated/α-hetero) is 1. The molecule has 25 heavy (non-hydrogen) atoms. The summed E-state index contributed by atoms with van der Waals surface area (Å²) in [6.45, 7) is 2.42. The molecule has 0 aliphatic carbocycles. The Bertz CT molecular complexity index is 806. The van der Waals surface area contributed by atoms with Crippen molar-refractivity contribution in [1.82, 2.24) is 5.32 Å². The molecule has 0 radical (unpaired) electrons. The molecule has 0 aromatic heterocycles. The van der Waals surface area contributed by atoms with Gasteiger partial charge in [-0.15, -0.1) is 0 Å². The van der Waals surface area contributed by atoms with Gasteiger partial charge in [0.1, 0.15) is 24.1 Å². The van der Waals surface area contributed by atoms with E-state index in [-0.39, 0.29) is 24.7 Å². The molecule has 3 rings (SSSR count). The van der Waals surface area contributed by atoms with E-state index in [1.165, 1.54) is 0 Å². The summed E-state index contributed by atoms with van der Waals surface area (Å²) in [7, 11) is 0. The molecule has 0 saturated heterocycles. The quantitative estimate of drug-likeness (QED) is 0.891.